The number of hydrogen-bond acceptors (Lipinski definition) is 3. The second-order valence-corrected chi connectivity index (χ2v) is 8.87. The van der Waals surface area contributed by atoms with E-state index >= 15 is 0 Å². The minimum Gasteiger partial charge on any atom is -0.351 e. The van der Waals surface area contributed by atoms with Gasteiger partial charge in [-0.3, -0.25) is 9.36 Å². The molecule has 1 saturated carbocycles. The Labute approximate surface area is 188 Å². The first-order valence-corrected chi connectivity index (χ1v) is 11.4. The van der Waals surface area contributed by atoms with Crippen LogP contribution in [0.4, 0.5) is 0 Å². The molecule has 0 radical (unpaired) electrons. The van der Waals surface area contributed by atoms with E-state index in [-0.39, 0.29) is 11.3 Å². The average Bonchev–Trinajstić information content (AvgIpc) is 3.24. The molecule has 5 nitrogen and oxygen atoms in total. The number of nitrogens with one attached hydrogen (secondary N) is 1. The van der Waals surface area contributed by atoms with Gasteiger partial charge >= 0.3 is 0 Å². The van der Waals surface area contributed by atoms with Gasteiger partial charge in [0.1, 0.15) is 0 Å². The van der Waals surface area contributed by atoms with Gasteiger partial charge in [-0.25, -0.2) is 9.97 Å². The first-order valence-electron chi connectivity index (χ1n) is 11.4. The van der Waals surface area contributed by atoms with E-state index in [1.807, 2.05) is 35.0 Å². The number of para-hydroxylation sites is 1. The third-order valence-corrected chi connectivity index (χ3v) is 6.79. The molecular weight excluding hydrogens is 396 g/mol. The SMILES string of the molecule is Cc1ccc(C2(CNC(=O)c3cn(-c4ncccn4)c4ccccc34)CCCCC2)cc1. The van der Waals surface area contributed by atoms with Crippen molar-refractivity contribution in [2.75, 3.05) is 6.54 Å². The summed E-state index contributed by atoms with van der Waals surface area (Å²) in [4.78, 5) is 22.1. The third-order valence-electron chi connectivity index (χ3n) is 6.79. The molecule has 1 aliphatic carbocycles. The summed E-state index contributed by atoms with van der Waals surface area (Å²) in [5.41, 5.74) is 4.18. The molecule has 5 rings (SSSR count). The van der Waals surface area contributed by atoms with Crippen molar-refractivity contribution in [1.82, 2.24) is 19.9 Å². The fraction of sp³-hybridized carbons (Fsp3) is 0.296. The number of amides is 1. The number of aryl methyl sites for hydroxylation is 1. The summed E-state index contributed by atoms with van der Waals surface area (Å²) in [7, 11) is 0. The van der Waals surface area contributed by atoms with Crippen LogP contribution in [0.1, 0.15) is 53.6 Å². The molecular formula is C27H28N4O. The Morgan fingerprint density at radius 1 is 0.969 bits per heavy atom. The highest BCUT2D eigenvalue weighted by Crippen LogP contribution is 2.39. The standard InChI is InChI=1S/C27H28N4O/c1-20-10-12-21(13-11-20)27(14-5-2-6-15-27)19-30-25(32)23-18-31(26-28-16-7-17-29-26)24-9-4-3-8-22(23)24/h3-4,7-13,16-18H,2,5-6,14-15,19H2,1H3,(H,30,32). The van der Waals surface area contributed by atoms with Crippen LogP contribution in [-0.4, -0.2) is 27.0 Å². The van der Waals surface area contributed by atoms with Crippen molar-refractivity contribution in [2.45, 2.75) is 44.4 Å². The van der Waals surface area contributed by atoms with Gasteiger partial charge in [0.2, 0.25) is 5.95 Å². The smallest absolute Gasteiger partial charge is 0.253 e. The van der Waals surface area contributed by atoms with Gasteiger partial charge in [-0.1, -0.05) is 67.3 Å². The lowest BCUT2D eigenvalue weighted by Crippen LogP contribution is -2.42. The number of carbonyl (C=O) groups excluding carboxylic acids is 1. The molecule has 5 heteroatoms. The number of aromatic nitrogens is 3. The highest BCUT2D eigenvalue weighted by atomic mass is 16.1. The van der Waals surface area contributed by atoms with Crippen LogP contribution in [0.3, 0.4) is 0 Å². The maximum atomic E-state index is 13.4. The van der Waals surface area contributed by atoms with Crippen molar-refractivity contribution in [3.05, 3.63) is 89.9 Å². The minimum absolute atomic E-state index is 0.00250. The highest BCUT2D eigenvalue weighted by Gasteiger charge is 2.34. The van der Waals surface area contributed by atoms with E-state index in [4.69, 9.17) is 0 Å². The summed E-state index contributed by atoms with van der Waals surface area (Å²) >= 11 is 0. The molecule has 1 N–H and O–H groups in total. The fourth-order valence-corrected chi connectivity index (χ4v) is 4.99. The number of carbonyl (C=O) groups is 1. The fourth-order valence-electron chi connectivity index (χ4n) is 4.99. The van der Waals surface area contributed by atoms with E-state index in [1.165, 1.54) is 30.4 Å². The van der Waals surface area contributed by atoms with Crippen molar-refractivity contribution >= 4 is 16.8 Å². The summed E-state index contributed by atoms with van der Waals surface area (Å²) in [6.45, 7) is 2.77. The molecule has 0 aliphatic heterocycles. The van der Waals surface area contributed by atoms with Gasteiger partial charge in [0.05, 0.1) is 11.1 Å². The molecule has 2 heterocycles. The largest absolute Gasteiger partial charge is 0.351 e. The molecule has 1 aliphatic rings. The van der Waals surface area contributed by atoms with E-state index in [0.717, 1.165) is 23.7 Å². The quantitative estimate of drug-likeness (QED) is 0.469. The molecule has 2 aromatic carbocycles. The van der Waals surface area contributed by atoms with Gasteiger partial charge in [0.15, 0.2) is 0 Å². The third kappa shape index (κ3) is 3.79. The maximum Gasteiger partial charge on any atom is 0.253 e. The molecule has 0 atom stereocenters. The lowest BCUT2D eigenvalue weighted by Gasteiger charge is -2.38. The van der Waals surface area contributed by atoms with E-state index < -0.39 is 0 Å². The number of rotatable bonds is 5. The molecule has 1 fully saturated rings. The summed E-state index contributed by atoms with van der Waals surface area (Å²) in [5.74, 6) is 0.513. The molecule has 1 amide bonds. The monoisotopic (exact) mass is 424 g/mol. The molecule has 0 spiro atoms. The van der Waals surface area contributed by atoms with Crippen molar-refractivity contribution in [1.29, 1.82) is 0 Å². The van der Waals surface area contributed by atoms with Crippen LogP contribution >= 0.6 is 0 Å². The van der Waals surface area contributed by atoms with Crippen LogP contribution in [0.25, 0.3) is 16.9 Å². The highest BCUT2D eigenvalue weighted by molar-refractivity contribution is 6.07. The zero-order valence-electron chi connectivity index (χ0n) is 18.4. The molecule has 2 aromatic heterocycles. The zero-order chi connectivity index (χ0) is 22.0. The Hall–Kier alpha value is -3.47. The summed E-state index contributed by atoms with van der Waals surface area (Å²) in [6.07, 6.45) is 11.2. The second-order valence-electron chi connectivity index (χ2n) is 8.87. The van der Waals surface area contributed by atoms with Crippen molar-refractivity contribution in [3.63, 3.8) is 0 Å². The molecule has 0 saturated heterocycles. The zero-order valence-corrected chi connectivity index (χ0v) is 18.4. The van der Waals surface area contributed by atoms with Crippen LogP contribution in [-0.2, 0) is 5.41 Å². The molecule has 32 heavy (non-hydrogen) atoms. The van der Waals surface area contributed by atoms with Crippen LogP contribution in [0.2, 0.25) is 0 Å². The molecule has 0 bridgehead atoms. The molecule has 4 aromatic rings. The van der Waals surface area contributed by atoms with E-state index in [9.17, 15) is 4.79 Å². The Morgan fingerprint density at radius 2 is 1.69 bits per heavy atom. The summed E-state index contributed by atoms with van der Waals surface area (Å²) in [6, 6.07) is 18.6. The van der Waals surface area contributed by atoms with Crippen LogP contribution in [0.5, 0.6) is 0 Å². The van der Waals surface area contributed by atoms with Crippen molar-refractivity contribution < 1.29 is 4.79 Å². The summed E-state index contributed by atoms with van der Waals surface area (Å²) < 4.78 is 1.89. The lowest BCUT2D eigenvalue weighted by molar-refractivity contribution is 0.0938. The predicted octanol–water partition coefficient (Wildman–Crippen LogP) is 5.36. The predicted molar refractivity (Wildman–Crippen MR) is 127 cm³/mol. The van der Waals surface area contributed by atoms with Gasteiger partial charge in [-0.05, 0) is 37.5 Å². The number of nitrogens with zero attached hydrogens (tertiary/aromatic N) is 3. The van der Waals surface area contributed by atoms with Gasteiger partial charge in [0, 0.05) is 35.9 Å². The minimum atomic E-state index is -0.0482. The van der Waals surface area contributed by atoms with E-state index in [1.54, 1.807) is 18.5 Å². The Bertz CT molecular complexity index is 1220. The van der Waals surface area contributed by atoms with Crippen LogP contribution in [0.15, 0.2) is 73.2 Å². The van der Waals surface area contributed by atoms with Crippen molar-refractivity contribution in [3.8, 4) is 5.95 Å². The van der Waals surface area contributed by atoms with Crippen molar-refractivity contribution in [2.24, 2.45) is 0 Å². The Balaban J connectivity index is 1.45. The van der Waals surface area contributed by atoms with E-state index in [0.29, 0.717) is 18.1 Å². The molecule has 0 unspecified atom stereocenters. The van der Waals surface area contributed by atoms with Gasteiger partial charge in [-0.2, -0.15) is 0 Å². The van der Waals surface area contributed by atoms with Gasteiger partial charge in [-0.15, -0.1) is 0 Å². The topological polar surface area (TPSA) is 59.8 Å². The maximum absolute atomic E-state index is 13.4. The Morgan fingerprint density at radius 3 is 2.44 bits per heavy atom. The lowest BCUT2D eigenvalue weighted by atomic mass is 9.69. The average molecular weight is 425 g/mol. The first kappa shape index (κ1) is 20.4. The first-order chi connectivity index (χ1) is 15.7. The summed E-state index contributed by atoms with van der Waals surface area (Å²) in [5, 5.41) is 4.19. The Kier molecular flexibility index (Phi) is 5.48. The van der Waals surface area contributed by atoms with Crippen LogP contribution in [0, 0.1) is 6.92 Å². The van der Waals surface area contributed by atoms with Gasteiger partial charge in [0.25, 0.3) is 5.91 Å². The molecule has 162 valence electrons. The normalized spacial score (nSPS) is 15.5. The second kappa shape index (κ2) is 8.58. The number of hydrogen-bond donors (Lipinski definition) is 1. The number of fused-ring (bicyclic) bond motifs is 1. The van der Waals surface area contributed by atoms with Gasteiger partial charge < -0.3 is 5.32 Å². The van der Waals surface area contributed by atoms with Crippen LogP contribution < -0.4 is 5.32 Å². The number of benzene rings is 2. The van der Waals surface area contributed by atoms with E-state index in [2.05, 4.69) is 46.5 Å².